The molecular formula is C16H30N2O3. The number of amides is 1. The summed E-state index contributed by atoms with van der Waals surface area (Å²) in [7, 11) is 1.75. The van der Waals surface area contributed by atoms with Crippen molar-refractivity contribution in [1.82, 2.24) is 4.90 Å². The van der Waals surface area contributed by atoms with Crippen LogP contribution >= 0.6 is 0 Å². The highest BCUT2D eigenvalue weighted by Crippen LogP contribution is 2.37. The molecule has 0 bridgehead atoms. The first-order valence-corrected chi connectivity index (χ1v) is 8.02. The zero-order valence-corrected chi connectivity index (χ0v) is 13.9. The van der Waals surface area contributed by atoms with Crippen LogP contribution in [0.4, 0.5) is 4.79 Å². The Bertz CT molecular complexity index is 372. The van der Waals surface area contributed by atoms with E-state index < -0.39 is 5.60 Å². The highest BCUT2D eigenvalue weighted by atomic mass is 16.6. The van der Waals surface area contributed by atoms with E-state index >= 15 is 0 Å². The predicted molar refractivity (Wildman–Crippen MR) is 82.1 cm³/mol. The number of nitrogens with zero attached hydrogens (tertiary/aromatic N) is 1. The average Bonchev–Trinajstić information content (AvgIpc) is 2.31. The molecule has 0 radical (unpaired) electrons. The number of methoxy groups -OCH3 is 1. The quantitative estimate of drug-likeness (QED) is 0.869. The SMILES string of the molecule is COC1(C[C@@H]2CCC[C@H](N)C2)CN(C(=O)OC(C)(C)C)C1. The van der Waals surface area contributed by atoms with Crippen LogP contribution in [0.2, 0.25) is 0 Å². The summed E-state index contributed by atoms with van der Waals surface area (Å²) in [5.74, 6) is 0.620. The van der Waals surface area contributed by atoms with Gasteiger partial charge in [-0.05, 0) is 46.0 Å². The second-order valence-corrected chi connectivity index (χ2v) is 7.72. The predicted octanol–water partition coefficient (Wildman–Crippen LogP) is 2.53. The first kappa shape index (κ1) is 16.6. The molecule has 0 aromatic heterocycles. The van der Waals surface area contributed by atoms with Gasteiger partial charge in [-0.2, -0.15) is 0 Å². The molecule has 1 aliphatic carbocycles. The summed E-state index contributed by atoms with van der Waals surface area (Å²) in [4.78, 5) is 13.8. The van der Waals surface area contributed by atoms with Crippen molar-refractivity contribution in [1.29, 1.82) is 0 Å². The van der Waals surface area contributed by atoms with Gasteiger partial charge in [0, 0.05) is 13.2 Å². The van der Waals surface area contributed by atoms with E-state index in [0.29, 0.717) is 25.0 Å². The maximum atomic E-state index is 12.0. The Morgan fingerprint density at radius 2 is 2.00 bits per heavy atom. The molecule has 1 amide bonds. The third-order valence-corrected chi connectivity index (χ3v) is 4.53. The maximum Gasteiger partial charge on any atom is 0.410 e. The highest BCUT2D eigenvalue weighted by Gasteiger charge is 2.48. The number of carbonyl (C=O) groups is 1. The minimum atomic E-state index is -0.446. The molecule has 0 aromatic rings. The summed E-state index contributed by atoms with van der Waals surface area (Å²) in [6, 6.07) is 0.333. The zero-order valence-electron chi connectivity index (χ0n) is 13.9. The van der Waals surface area contributed by atoms with E-state index in [9.17, 15) is 4.79 Å². The molecule has 2 aliphatic rings. The summed E-state index contributed by atoms with van der Waals surface area (Å²) in [5, 5.41) is 0. The number of hydrogen-bond donors (Lipinski definition) is 1. The summed E-state index contributed by atoms with van der Waals surface area (Å²) in [6.07, 6.45) is 5.41. The molecule has 5 nitrogen and oxygen atoms in total. The first-order valence-electron chi connectivity index (χ1n) is 8.02. The topological polar surface area (TPSA) is 64.8 Å². The Morgan fingerprint density at radius 1 is 1.33 bits per heavy atom. The van der Waals surface area contributed by atoms with Crippen molar-refractivity contribution in [3.8, 4) is 0 Å². The second-order valence-electron chi connectivity index (χ2n) is 7.72. The smallest absolute Gasteiger partial charge is 0.410 e. The van der Waals surface area contributed by atoms with Crippen LogP contribution in [0, 0.1) is 5.92 Å². The summed E-state index contributed by atoms with van der Waals surface area (Å²) in [5.41, 5.74) is 5.42. The van der Waals surface area contributed by atoms with Crippen LogP contribution in [-0.2, 0) is 9.47 Å². The van der Waals surface area contributed by atoms with E-state index in [1.165, 1.54) is 12.8 Å². The molecule has 5 heteroatoms. The van der Waals surface area contributed by atoms with Crippen molar-refractivity contribution in [3.05, 3.63) is 0 Å². The van der Waals surface area contributed by atoms with Crippen LogP contribution < -0.4 is 5.73 Å². The van der Waals surface area contributed by atoms with Gasteiger partial charge < -0.3 is 20.1 Å². The van der Waals surface area contributed by atoms with Gasteiger partial charge in [0.25, 0.3) is 0 Å². The molecule has 1 saturated carbocycles. The number of carbonyl (C=O) groups excluding carboxylic acids is 1. The van der Waals surface area contributed by atoms with E-state index in [-0.39, 0.29) is 11.7 Å². The zero-order chi connectivity index (χ0) is 15.7. The molecule has 1 aliphatic heterocycles. The van der Waals surface area contributed by atoms with Crippen LogP contribution in [-0.4, -0.2) is 48.4 Å². The molecule has 2 fully saturated rings. The second kappa shape index (κ2) is 6.13. The number of nitrogens with two attached hydrogens (primary N) is 1. The Hall–Kier alpha value is -0.810. The van der Waals surface area contributed by atoms with Crippen LogP contribution in [0.1, 0.15) is 52.9 Å². The largest absolute Gasteiger partial charge is 0.444 e. The third-order valence-electron chi connectivity index (χ3n) is 4.53. The van der Waals surface area contributed by atoms with Crippen molar-refractivity contribution in [2.45, 2.75) is 70.1 Å². The van der Waals surface area contributed by atoms with Crippen LogP contribution in [0.25, 0.3) is 0 Å². The van der Waals surface area contributed by atoms with Gasteiger partial charge in [0.05, 0.1) is 13.1 Å². The fourth-order valence-corrected chi connectivity index (χ4v) is 3.49. The monoisotopic (exact) mass is 298 g/mol. The lowest BCUT2D eigenvalue weighted by atomic mass is 9.76. The minimum Gasteiger partial charge on any atom is -0.444 e. The van der Waals surface area contributed by atoms with Crippen LogP contribution in [0.15, 0.2) is 0 Å². The van der Waals surface area contributed by atoms with E-state index in [2.05, 4.69) is 0 Å². The van der Waals surface area contributed by atoms with E-state index in [1.807, 2.05) is 20.8 Å². The number of hydrogen-bond acceptors (Lipinski definition) is 4. The van der Waals surface area contributed by atoms with Gasteiger partial charge in [-0.1, -0.05) is 12.8 Å². The van der Waals surface area contributed by atoms with Crippen LogP contribution in [0.3, 0.4) is 0 Å². The lowest BCUT2D eigenvalue weighted by Gasteiger charge is -2.50. The molecular weight excluding hydrogens is 268 g/mol. The van der Waals surface area contributed by atoms with Crippen molar-refractivity contribution < 1.29 is 14.3 Å². The molecule has 2 N–H and O–H groups in total. The first-order chi connectivity index (χ1) is 9.73. The average molecular weight is 298 g/mol. The lowest BCUT2D eigenvalue weighted by molar-refractivity contribution is -0.134. The molecule has 2 rings (SSSR count). The molecule has 0 aromatic carbocycles. The highest BCUT2D eigenvalue weighted by molar-refractivity contribution is 5.69. The summed E-state index contributed by atoms with van der Waals surface area (Å²) in [6.45, 7) is 6.92. The van der Waals surface area contributed by atoms with Crippen molar-refractivity contribution in [2.24, 2.45) is 11.7 Å². The van der Waals surface area contributed by atoms with Crippen molar-refractivity contribution in [2.75, 3.05) is 20.2 Å². The molecule has 1 saturated heterocycles. The Labute approximate surface area is 128 Å². The molecule has 21 heavy (non-hydrogen) atoms. The standard InChI is InChI=1S/C16H30N2O3/c1-15(2,3)21-14(19)18-10-16(11-18,20-4)9-12-6-5-7-13(17)8-12/h12-13H,5-11,17H2,1-4H3/t12-,13+/m1/s1. The van der Waals surface area contributed by atoms with Crippen molar-refractivity contribution in [3.63, 3.8) is 0 Å². The fourth-order valence-electron chi connectivity index (χ4n) is 3.49. The normalized spacial score (nSPS) is 28.9. The third kappa shape index (κ3) is 4.33. The minimum absolute atomic E-state index is 0.196. The van der Waals surface area contributed by atoms with Crippen molar-refractivity contribution >= 4 is 6.09 Å². The molecule has 0 spiro atoms. The van der Waals surface area contributed by atoms with Gasteiger partial charge in [0.1, 0.15) is 11.2 Å². The fraction of sp³-hybridized carbons (Fsp3) is 0.938. The number of likely N-dealkylation sites (tertiary alicyclic amines) is 1. The molecule has 0 unspecified atom stereocenters. The van der Waals surface area contributed by atoms with Gasteiger partial charge in [-0.3, -0.25) is 0 Å². The summed E-state index contributed by atoms with van der Waals surface area (Å²) < 4.78 is 11.1. The lowest BCUT2D eigenvalue weighted by Crippen LogP contribution is -2.65. The van der Waals surface area contributed by atoms with Gasteiger partial charge >= 0.3 is 6.09 Å². The molecule has 1 heterocycles. The van der Waals surface area contributed by atoms with Gasteiger partial charge in [-0.25, -0.2) is 4.79 Å². The molecule has 2 atom stereocenters. The van der Waals surface area contributed by atoms with Gasteiger partial charge in [0.2, 0.25) is 0 Å². The Balaban J connectivity index is 1.84. The Morgan fingerprint density at radius 3 is 2.52 bits per heavy atom. The van der Waals surface area contributed by atoms with E-state index in [1.54, 1.807) is 12.0 Å². The maximum absolute atomic E-state index is 12.0. The van der Waals surface area contributed by atoms with E-state index in [4.69, 9.17) is 15.2 Å². The summed E-state index contributed by atoms with van der Waals surface area (Å²) >= 11 is 0. The van der Waals surface area contributed by atoms with Crippen LogP contribution in [0.5, 0.6) is 0 Å². The van der Waals surface area contributed by atoms with E-state index in [0.717, 1.165) is 19.3 Å². The molecule has 122 valence electrons. The number of rotatable bonds is 3. The number of ether oxygens (including phenoxy) is 2. The Kier molecular flexibility index (Phi) is 4.83. The van der Waals surface area contributed by atoms with Gasteiger partial charge in [-0.15, -0.1) is 0 Å². The van der Waals surface area contributed by atoms with Gasteiger partial charge in [0.15, 0.2) is 0 Å².